The second-order valence-electron chi connectivity index (χ2n) is 6.12. The van der Waals surface area contributed by atoms with Gasteiger partial charge < -0.3 is 24.4 Å². The number of nitrogens with one attached hydrogen (secondary N) is 1. The number of ether oxygens (including phenoxy) is 3. The lowest BCUT2D eigenvalue weighted by Crippen LogP contribution is -2.37. The highest BCUT2D eigenvalue weighted by Crippen LogP contribution is 2.30. The fraction of sp³-hybridized carbons (Fsp3) is 0.421. The van der Waals surface area contributed by atoms with Crippen molar-refractivity contribution in [1.29, 1.82) is 0 Å². The Labute approximate surface area is 158 Å². The van der Waals surface area contributed by atoms with E-state index in [0.29, 0.717) is 42.8 Å². The predicted octanol–water partition coefficient (Wildman–Crippen LogP) is 1.57. The molecule has 144 valence electrons. The first-order valence-electron chi connectivity index (χ1n) is 8.79. The molecule has 0 unspecified atom stereocenters. The van der Waals surface area contributed by atoms with E-state index in [1.807, 2.05) is 13.0 Å². The third-order valence-corrected chi connectivity index (χ3v) is 4.27. The molecule has 1 N–H and O–H groups in total. The van der Waals surface area contributed by atoms with Gasteiger partial charge in [-0.3, -0.25) is 4.79 Å². The van der Waals surface area contributed by atoms with Crippen molar-refractivity contribution in [2.24, 2.45) is 0 Å². The molecule has 1 fully saturated rings. The quantitative estimate of drug-likeness (QED) is 0.824. The highest BCUT2D eigenvalue weighted by molar-refractivity contribution is 5.97. The Morgan fingerprint density at radius 2 is 2.00 bits per heavy atom. The van der Waals surface area contributed by atoms with Crippen molar-refractivity contribution in [1.82, 2.24) is 15.3 Å². The lowest BCUT2D eigenvalue weighted by Gasteiger charge is -2.27. The standard InChI is InChI=1S/C19H24N4O4/c1-13-11-14(22-19(21-13)23-7-9-27-10-8-23)12-20-18(24)15-5-4-6-16(25-2)17(15)26-3/h4-6,11H,7-10,12H2,1-3H3,(H,20,24). The fourth-order valence-corrected chi connectivity index (χ4v) is 2.94. The van der Waals surface area contributed by atoms with Crippen LogP contribution in [0.2, 0.25) is 0 Å². The van der Waals surface area contributed by atoms with Gasteiger partial charge in [-0.05, 0) is 25.1 Å². The van der Waals surface area contributed by atoms with Crippen LogP contribution in [-0.2, 0) is 11.3 Å². The normalized spacial score (nSPS) is 14.0. The van der Waals surface area contributed by atoms with Gasteiger partial charge in [0.2, 0.25) is 5.95 Å². The number of carbonyl (C=O) groups is 1. The molecule has 0 aliphatic carbocycles. The van der Waals surface area contributed by atoms with Gasteiger partial charge in [-0.25, -0.2) is 9.97 Å². The molecule has 1 saturated heterocycles. The highest BCUT2D eigenvalue weighted by Gasteiger charge is 2.18. The van der Waals surface area contributed by atoms with Crippen LogP contribution in [0.25, 0.3) is 0 Å². The second-order valence-corrected chi connectivity index (χ2v) is 6.12. The maximum atomic E-state index is 12.6. The molecule has 2 heterocycles. The molecule has 1 aliphatic rings. The van der Waals surface area contributed by atoms with E-state index in [1.165, 1.54) is 14.2 Å². The lowest BCUT2D eigenvalue weighted by molar-refractivity contribution is 0.0946. The number of amides is 1. The van der Waals surface area contributed by atoms with Crippen molar-refractivity contribution in [2.45, 2.75) is 13.5 Å². The molecule has 1 amide bonds. The summed E-state index contributed by atoms with van der Waals surface area (Å²) in [7, 11) is 3.05. The molecule has 0 saturated carbocycles. The molecule has 8 heteroatoms. The third kappa shape index (κ3) is 4.46. The van der Waals surface area contributed by atoms with Gasteiger partial charge in [0, 0.05) is 18.8 Å². The summed E-state index contributed by atoms with van der Waals surface area (Å²) in [5.74, 6) is 1.33. The number of aryl methyl sites for hydroxylation is 1. The molecule has 0 radical (unpaired) electrons. The van der Waals surface area contributed by atoms with Crippen LogP contribution >= 0.6 is 0 Å². The van der Waals surface area contributed by atoms with Crippen LogP contribution < -0.4 is 19.7 Å². The van der Waals surface area contributed by atoms with Gasteiger partial charge in [0.25, 0.3) is 5.91 Å². The number of aromatic nitrogens is 2. The number of hydrogen-bond acceptors (Lipinski definition) is 7. The number of nitrogens with zero attached hydrogens (tertiary/aromatic N) is 3. The first-order valence-corrected chi connectivity index (χ1v) is 8.79. The van der Waals surface area contributed by atoms with Crippen LogP contribution in [0.15, 0.2) is 24.3 Å². The minimum Gasteiger partial charge on any atom is -0.493 e. The van der Waals surface area contributed by atoms with E-state index in [1.54, 1.807) is 18.2 Å². The molecule has 0 bridgehead atoms. The fourth-order valence-electron chi connectivity index (χ4n) is 2.94. The third-order valence-electron chi connectivity index (χ3n) is 4.27. The van der Waals surface area contributed by atoms with Gasteiger partial charge in [-0.1, -0.05) is 6.07 Å². The number of hydrogen-bond donors (Lipinski definition) is 1. The minimum atomic E-state index is -0.255. The molecule has 2 aromatic rings. The predicted molar refractivity (Wildman–Crippen MR) is 101 cm³/mol. The summed E-state index contributed by atoms with van der Waals surface area (Å²) in [4.78, 5) is 23.8. The van der Waals surface area contributed by atoms with E-state index in [9.17, 15) is 4.79 Å². The van der Waals surface area contributed by atoms with Crippen molar-refractivity contribution in [3.63, 3.8) is 0 Å². The molecule has 3 rings (SSSR count). The first kappa shape index (κ1) is 18.9. The minimum absolute atomic E-state index is 0.255. The zero-order valence-corrected chi connectivity index (χ0v) is 15.8. The molecule has 1 aromatic carbocycles. The maximum Gasteiger partial charge on any atom is 0.255 e. The van der Waals surface area contributed by atoms with Crippen LogP contribution in [0.5, 0.6) is 11.5 Å². The topological polar surface area (TPSA) is 85.8 Å². The van der Waals surface area contributed by atoms with Gasteiger partial charge in [0.1, 0.15) is 0 Å². The van der Waals surface area contributed by atoms with E-state index >= 15 is 0 Å². The molecule has 0 spiro atoms. The molecular weight excluding hydrogens is 348 g/mol. The SMILES string of the molecule is COc1cccc(C(=O)NCc2cc(C)nc(N3CCOCC3)n2)c1OC. The molecule has 27 heavy (non-hydrogen) atoms. The van der Waals surface area contributed by atoms with Crippen molar-refractivity contribution in [3.05, 3.63) is 41.2 Å². The summed E-state index contributed by atoms with van der Waals surface area (Å²) in [6.45, 7) is 5.06. The Bertz CT molecular complexity index is 806. The second kappa shape index (κ2) is 8.68. The van der Waals surface area contributed by atoms with E-state index in [4.69, 9.17) is 14.2 Å². The first-order chi connectivity index (χ1) is 13.1. The van der Waals surface area contributed by atoms with Crippen LogP contribution in [0, 0.1) is 6.92 Å². The van der Waals surface area contributed by atoms with Gasteiger partial charge in [-0.2, -0.15) is 0 Å². The molecule has 0 atom stereocenters. The summed E-state index contributed by atoms with van der Waals surface area (Å²) >= 11 is 0. The van der Waals surface area contributed by atoms with Gasteiger partial charge in [-0.15, -0.1) is 0 Å². The van der Waals surface area contributed by atoms with Crippen molar-refractivity contribution in [2.75, 3.05) is 45.4 Å². The summed E-state index contributed by atoms with van der Waals surface area (Å²) in [5.41, 5.74) is 2.02. The lowest BCUT2D eigenvalue weighted by atomic mass is 10.1. The molecule has 8 nitrogen and oxygen atoms in total. The smallest absolute Gasteiger partial charge is 0.255 e. The number of anilines is 1. The van der Waals surface area contributed by atoms with Crippen LogP contribution in [0.1, 0.15) is 21.7 Å². The number of morpholine rings is 1. The maximum absolute atomic E-state index is 12.6. The Morgan fingerprint density at radius 3 is 2.70 bits per heavy atom. The largest absolute Gasteiger partial charge is 0.493 e. The van der Waals surface area contributed by atoms with Crippen LogP contribution in [-0.4, -0.2) is 56.4 Å². The summed E-state index contributed by atoms with van der Waals surface area (Å²) in [5, 5.41) is 2.89. The van der Waals surface area contributed by atoms with Crippen LogP contribution in [0.4, 0.5) is 5.95 Å². The molecular formula is C19H24N4O4. The number of rotatable bonds is 6. The molecule has 1 aliphatic heterocycles. The highest BCUT2D eigenvalue weighted by atomic mass is 16.5. The summed E-state index contributed by atoms with van der Waals surface area (Å²) < 4.78 is 15.9. The number of para-hydroxylation sites is 1. The average Bonchev–Trinajstić information content (AvgIpc) is 2.71. The van der Waals surface area contributed by atoms with E-state index in [2.05, 4.69) is 20.2 Å². The Hall–Kier alpha value is -2.87. The van der Waals surface area contributed by atoms with Crippen molar-refractivity contribution in [3.8, 4) is 11.5 Å². The Kier molecular flexibility index (Phi) is 6.08. The Morgan fingerprint density at radius 1 is 1.22 bits per heavy atom. The zero-order chi connectivity index (χ0) is 19.2. The van der Waals surface area contributed by atoms with E-state index in [-0.39, 0.29) is 5.91 Å². The van der Waals surface area contributed by atoms with Gasteiger partial charge >= 0.3 is 0 Å². The van der Waals surface area contributed by atoms with E-state index < -0.39 is 0 Å². The monoisotopic (exact) mass is 372 g/mol. The number of methoxy groups -OCH3 is 2. The van der Waals surface area contributed by atoms with E-state index in [0.717, 1.165) is 24.5 Å². The zero-order valence-electron chi connectivity index (χ0n) is 15.8. The van der Waals surface area contributed by atoms with Crippen LogP contribution in [0.3, 0.4) is 0 Å². The van der Waals surface area contributed by atoms with Crippen molar-refractivity contribution >= 4 is 11.9 Å². The number of carbonyl (C=O) groups excluding carboxylic acids is 1. The van der Waals surface area contributed by atoms with Crippen molar-refractivity contribution < 1.29 is 19.0 Å². The average molecular weight is 372 g/mol. The summed E-state index contributed by atoms with van der Waals surface area (Å²) in [6.07, 6.45) is 0. The van der Waals surface area contributed by atoms with Gasteiger partial charge in [0.05, 0.1) is 45.2 Å². The number of benzene rings is 1. The Balaban J connectivity index is 1.73. The van der Waals surface area contributed by atoms with Gasteiger partial charge in [0.15, 0.2) is 11.5 Å². The molecule has 1 aromatic heterocycles. The summed E-state index contributed by atoms with van der Waals surface area (Å²) in [6, 6.07) is 7.06.